The molecule has 2 aromatic heterocycles. The summed E-state index contributed by atoms with van der Waals surface area (Å²) < 4.78 is 0. The summed E-state index contributed by atoms with van der Waals surface area (Å²) in [5, 5.41) is 2.22. The SMILES string of the molecule is [CH2]CCC=Nc1nc(N(CC)CC)ncc1N(CC)C(=O)c1nccs1. The van der Waals surface area contributed by atoms with Crippen molar-refractivity contribution in [1.82, 2.24) is 15.0 Å². The van der Waals surface area contributed by atoms with E-state index in [9.17, 15) is 4.79 Å². The normalized spacial score (nSPS) is 11.1. The number of aliphatic imine (C=N–C) groups is 1. The van der Waals surface area contributed by atoms with Crippen molar-refractivity contribution >= 4 is 40.9 Å². The Morgan fingerprint density at radius 2 is 2.04 bits per heavy atom. The molecule has 0 aliphatic rings. The van der Waals surface area contributed by atoms with Crippen molar-refractivity contribution in [2.24, 2.45) is 4.99 Å². The molecule has 26 heavy (non-hydrogen) atoms. The van der Waals surface area contributed by atoms with Crippen molar-refractivity contribution in [3.63, 3.8) is 0 Å². The van der Waals surface area contributed by atoms with Crippen LogP contribution in [0.5, 0.6) is 0 Å². The van der Waals surface area contributed by atoms with Gasteiger partial charge < -0.3 is 9.80 Å². The highest BCUT2D eigenvalue weighted by molar-refractivity contribution is 7.11. The van der Waals surface area contributed by atoms with Crippen molar-refractivity contribution in [2.75, 3.05) is 29.4 Å². The highest BCUT2D eigenvalue weighted by Gasteiger charge is 2.23. The van der Waals surface area contributed by atoms with E-state index in [4.69, 9.17) is 0 Å². The van der Waals surface area contributed by atoms with Crippen molar-refractivity contribution in [3.05, 3.63) is 29.7 Å². The van der Waals surface area contributed by atoms with Crippen molar-refractivity contribution in [3.8, 4) is 0 Å². The van der Waals surface area contributed by atoms with Gasteiger partial charge in [-0.05, 0) is 33.6 Å². The van der Waals surface area contributed by atoms with Crippen LogP contribution in [-0.2, 0) is 0 Å². The first-order valence-corrected chi connectivity index (χ1v) is 9.69. The molecule has 0 N–H and O–H groups in total. The molecule has 0 unspecified atom stereocenters. The van der Waals surface area contributed by atoms with Crippen LogP contribution < -0.4 is 9.80 Å². The number of carbonyl (C=O) groups excluding carboxylic acids is 1. The molecule has 0 spiro atoms. The zero-order valence-corrected chi connectivity index (χ0v) is 16.4. The van der Waals surface area contributed by atoms with Crippen LogP contribution in [0.25, 0.3) is 0 Å². The number of thiazole rings is 1. The predicted octanol–water partition coefficient (Wildman–Crippen LogP) is 3.76. The Balaban J connectivity index is 2.45. The smallest absolute Gasteiger partial charge is 0.287 e. The summed E-state index contributed by atoms with van der Waals surface area (Å²) in [6, 6.07) is 0. The lowest BCUT2D eigenvalue weighted by Crippen LogP contribution is -2.31. The van der Waals surface area contributed by atoms with Crippen molar-refractivity contribution in [1.29, 1.82) is 0 Å². The van der Waals surface area contributed by atoms with E-state index in [-0.39, 0.29) is 5.91 Å². The number of anilines is 2. The second kappa shape index (κ2) is 9.96. The van der Waals surface area contributed by atoms with Gasteiger partial charge in [0.2, 0.25) is 5.95 Å². The third-order valence-corrected chi connectivity index (χ3v) is 4.56. The minimum atomic E-state index is -0.171. The van der Waals surface area contributed by atoms with Crippen LogP contribution in [0.1, 0.15) is 43.4 Å². The zero-order valence-electron chi connectivity index (χ0n) is 15.6. The van der Waals surface area contributed by atoms with Crippen LogP contribution >= 0.6 is 11.3 Å². The zero-order chi connectivity index (χ0) is 18.9. The van der Waals surface area contributed by atoms with Gasteiger partial charge >= 0.3 is 0 Å². The first kappa shape index (κ1) is 20.0. The minimum Gasteiger partial charge on any atom is -0.341 e. The van der Waals surface area contributed by atoms with E-state index in [0.29, 0.717) is 29.0 Å². The lowest BCUT2D eigenvalue weighted by atomic mass is 10.3. The highest BCUT2D eigenvalue weighted by Crippen LogP contribution is 2.29. The highest BCUT2D eigenvalue weighted by atomic mass is 32.1. The number of unbranched alkanes of at least 4 members (excludes halogenated alkanes) is 1. The summed E-state index contributed by atoms with van der Waals surface area (Å²) in [5.41, 5.74) is 0.587. The van der Waals surface area contributed by atoms with E-state index in [0.717, 1.165) is 25.9 Å². The number of rotatable bonds is 9. The van der Waals surface area contributed by atoms with Crippen LogP contribution in [-0.4, -0.2) is 46.7 Å². The van der Waals surface area contributed by atoms with Gasteiger partial charge in [0.1, 0.15) is 5.69 Å². The van der Waals surface area contributed by atoms with Crippen molar-refractivity contribution < 1.29 is 4.79 Å². The molecule has 0 saturated carbocycles. The van der Waals surface area contributed by atoms with Gasteiger partial charge in [0.15, 0.2) is 10.8 Å². The molecule has 7 nitrogen and oxygen atoms in total. The van der Waals surface area contributed by atoms with E-state index in [1.54, 1.807) is 28.9 Å². The Hall–Kier alpha value is -2.35. The monoisotopic (exact) mass is 373 g/mol. The second-order valence-corrected chi connectivity index (χ2v) is 6.29. The van der Waals surface area contributed by atoms with E-state index in [2.05, 4.69) is 40.7 Å². The predicted molar refractivity (Wildman–Crippen MR) is 108 cm³/mol. The molecule has 2 heterocycles. The average Bonchev–Trinajstić information content (AvgIpc) is 3.19. The van der Waals surface area contributed by atoms with Gasteiger partial charge in [0.05, 0.1) is 6.20 Å². The fourth-order valence-corrected chi connectivity index (χ4v) is 3.00. The number of nitrogens with zero attached hydrogens (tertiary/aromatic N) is 6. The lowest BCUT2D eigenvalue weighted by molar-refractivity contribution is 0.0988. The molecule has 0 aromatic carbocycles. The molecule has 0 bridgehead atoms. The Labute approximate surface area is 158 Å². The molecule has 0 saturated heterocycles. The summed E-state index contributed by atoms with van der Waals surface area (Å²) in [6.45, 7) is 11.9. The molecule has 2 aromatic rings. The molecule has 1 amide bonds. The summed E-state index contributed by atoms with van der Waals surface area (Å²) in [5.74, 6) is 0.927. The topological polar surface area (TPSA) is 74.6 Å². The summed E-state index contributed by atoms with van der Waals surface area (Å²) in [6.07, 6.45) is 6.58. The maximum atomic E-state index is 12.8. The minimum absolute atomic E-state index is 0.171. The molecule has 0 aliphatic heterocycles. The van der Waals surface area contributed by atoms with E-state index >= 15 is 0 Å². The second-order valence-electron chi connectivity index (χ2n) is 5.39. The Bertz CT molecular complexity index is 727. The number of aromatic nitrogens is 3. The van der Waals surface area contributed by atoms with Crippen LogP contribution in [0.15, 0.2) is 22.8 Å². The lowest BCUT2D eigenvalue weighted by Gasteiger charge is -2.23. The Morgan fingerprint density at radius 3 is 2.62 bits per heavy atom. The van der Waals surface area contributed by atoms with Gasteiger partial charge in [-0.25, -0.2) is 15.0 Å². The Morgan fingerprint density at radius 1 is 1.27 bits per heavy atom. The van der Waals surface area contributed by atoms with Crippen LogP contribution in [0.4, 0.5) is 17.5 Å². The van der Waals surface area contributed by atoms with Gasteiger partial charge in [0, 0.05) is 37.4 Å². The molecule has 2 rings (SSSR count). The number of amides is 1. The molecule has 0 aliphatic carbocycles. The Kier molecular flexibility index (Phi) is 7.65. The standard InChI is InChI=1S/C18H25N6OS/c1-5-9-10-19-15-14(13-21-18(22-15)23(6-2)7-3)24(8-4)17(25)16-20-11-12-26-16/h10-13H,1,5-9H2,2-4H3. The fraction of sp³-hybridized carbons (Fsp3) is 0.444. The number of carbonyl (C=O) groups is 1. The molecule has 1 radical (unpaired) electrons. The molecule has 0 atom stereocenters. The quantitative estimate of drug-likeness (QED) is 0.626. The van der Waals surface area contributed by atoms with Gasteiger partial charge in [-0.15, -0.1) is 11.3 Å². The number of hydrogen-bond acceptors (Lipinski definition) is 7. The van der Waals surface area contributed by atoms with E-state index < -0.39 is 0 Å². The first-order chi connectivity index (χ1) is 12.7. The fourth-order valence-electron chi connectivity index (χ4n) is 2.41. The van der Waals surface area contributed by atoms with Gasteiger partial charge in [-0.1, -0.05) is 6.92 Å². The third-order valence-electron chi connectivity index (χ3n) is 3.80. The van der Waals surface area contributed by atoms with Crippen LogP contribution in [0.2, 0.25) is 0 Å². The molecular formula is C18H25N6OS. The largest absolute Gasteiger partial charge is 0.341 e. The molecule has 0 fully saturated rings. The van der Waals surface area contributed by atoms with Crippen LogP contribution in [0, 0.1) is 6.92 Å². The van der Waals surface area contributed by atoms with Crippen molar-refractivity contribution in [2.45, 2.75) is 33.6 Å². The number of hydrogen-bond donors (Lipinski definition) is 0. The molecule has 8 heteroatoms. The van der Waals surface area contributed by atoms with E-state index in [1.807, 2.05) is 11.8 Å². The maximum Gasteiger partial charge on any atom is 0.287 e. The molecular weight excluding hydrogens is 348 g/mol. The first-order valence-electron chi connectivity index (χ1n) is 8.81. The third kappa shape index (κ3) is 4.63. The summed E-state index contributed by atoms with van der Waals surface area (Å²) >= 11 is 1.31. The van der Waals surface area contributed by atoms with E-state index in [1.165, 1.54) is 11.3 Å². The van der Waals surface area contributed by atoms with Crippen LogP contribution in [0.3, 0.4) is 0 Å². The van der Waals surface area contributed by atoms with Gasteiger partial charge in [0.25, 0.3) is 5.91 Å². The van der Waals surface area contributed by atoms with Gasteiger partial charge in [-0.2, -0.15) is 4.98 Å². The maximum absolute atomic E-state index is 12.8. The van der Waals surface area contributed by atoms with Gasteiger partial charge in [-0.3, -0.25) is 4.79 Å². The summed E-state index contributed by atoms with van der Waals surface area (Å²) in [7, 11) is 0. The summed E-state index contributed by atoms with van der Waals surface area (Å²) in [4.78, 5) is 34.1. The molecule has 139 valence electrons. The average molecular weight is 374 g/mol.